The van der Waals surface area contributed by atoms with Gasteiger partial charge in [-0.3, -0.25) is 14.4 Å². The summed E-state index contributed by atoms with van der Waals surface area (Å²) in [5, 5.41) is 11.2. The van der Waals surface area contributed by atoms with Gasteiger partial charge in [0.1, 0.15) is 11.9 Å². The predicted octanol–water partition coefficient (Wildman–Crippen LogP) is 8.30. The number of carbonyl (C=O) groups excluding carboxylic acids is 2. The lowest BCUT2D eigenvalue weighted by Crippen LogP contribution is -2.45. The second kappa shape index (κ2) is 14.2. The van der Waals surface area contributed by atoms with Crippen molar-refractivity contribution >= 4 is 28.6 Å². The topological polar surface area (TPSA) is 96.8 Å². The zero-order valence-electron chi connectivity index (χ0n) is 29.0. The van der Waals surface area contributed by atoms with Crippen LogP contribution in [0.25, 0.3) is 22.2 Å². The van der Waals surface area contributed by atoms with Crippen LogP contribution in [0.4, 0.5) is 0 Å². The van der Waals surface area contributed by atoms with E-state index < -0.39 is 23.5 Å². The first kappa shape index (κ1) is 33.7. The molecule has 1 N–H and O–H groups in total. The molecule has 7 rings (SSSR count). The van der Waals surface area contributed by atoms with Crippen molar-refractivity contribution in [2.75, 3.05) is 6.54 Å². The third kappa shape index (κ3) is 7.09. The number of hydrogen-bond acceptors (Lipinski definition) is 5. The molecule has 258 valence electrons. The Morgan fingerprint density at radius 3 is 2.58 bits per heavy atom. The maximum absolute atomic E-state index is 14.7. The Morgan fingerprint density at radius 2 is 1.78 bits per heavy atom. The molecule has 50 heavy (non-hydrogen) atoms. The number of ketones is 1. The van der Waals surface area contributed by atoms with E-state index in [0.29, 0.717) is 25.0 Å². The lowest BCUT2D eigenvalue weighted by Gasteiger charge is -2.29. The van der Waals surface area contributed by atoms with E-state index in [1.807, 2.05) is 73.7 Å². The lowest BCUT2D eigenvalue weighted by molar-refractivity contribution is -0.147. The van der Waals surface area contributed by atoms with E-state index in [9.17, 15) is 19.5 Å². The van der Waals surface area contributed by atoms with Crippen LogP contribution < -0.4 is 4.74 Å². The first-order valence-corrected chi connectivity index (χ1v) is 18.1. The van der Waals surface area contributed by atoms with Crippen LogP contribution in [0, 0.1) is 31.1 Å². The number of carboxylic acid groups (broad SMARTS) is 1. The minimum absolute atomic E-state index is 0.0409. The van der Waals surface area contributed by atoms with Gasteiger partial charge in [0, 0.05) is 35.8 Å². The molecule has 5 atom stereocenters. The van der Waals surface area contributed by atoms with Crippen LogP contribution in [-0.4, -0.2) is 51.3 Å². The highest BCUT2D eigenvalue weighted by molar-refractivity contribution is 5.95. The highest BCUT2D eigenvalue weighted by atomic mass is 16.5. The van der Waals surface area contributed by atoms with Gasteiger partial charge in [0.05, 0.1) is 29.2 Å². The van der Waals surface area contributed by atoms with Crippen molar-refractivity contribution in [2.45, 2.75) is 83.8 Å². The van der Waals surface area contributed by atoms with E-state index in [2.05, 4.69) is 31.2 Å². The molecular weight excluding hydrogens is 624 g/mol. The van der Waals surface area contributed by atoms with Gasteiger partial charge in [0.25, 0.3) is 0 Å². The summed E-state index contributed by atoms with van der Waals surface area (Å²) in [5.41, 5.74) is 4.81. The molecule has 2 fully saturated rings. The Kier molecular flexibility index (Phi) is 9.58. The second-order valence-corrected chi connectivity index (χ2v) is 14.7. The summed E-state index contributed by atoms with van der Waals surface area (Å²) in [6, 6.07) is 25.6. The highest BCUT2D eigenvalue weighted by Crippen LogP contribution is 2.57. The first-order valence-electron chi connectivity index (χ1n) is 18.1. The molecular formula is C43H46N2O5. The fourth-order valence-electron chi connectivity index (χ4n) is 8.07. The summed E-state index contributed by atoms with van der Waals surface area (Å²) in [5.74, 6) is -0.954. The number of pyridine rings is 1. The average Bonchev–Trinajstić information content (AvgIpc) is 3.64. The van der Waals surface area contributed by atoms with Crippen molar-refractivity contribution in [3.63, 3.8) is 0 Å². The summed E-state index contributed by atoms with van der Waals surface area (Å²) in [7, 11) is 0. The van der Waals surface area contributed by atoms with Crippen molar-refractivity contribution in [2.24, 2.45) is 17.3 Å². The molecule has 1 saturated heterocycles. The van der Waals surface area contributed by atoms with Crippen LogP contribution in [-0.2, 0) is 20.8 Å². The third-order valence-corrected chi connectivity index (χ3v) is 11.0. The van der Waals surface area contributed by atoms with Crippen LogP contribution in [0.2, 0.25) is 0 Å². The number of carboxylic acids is 1. The number of Topliss-reactive ketones (excluding diaryl/α,β-unsaturated/α-hetero) is 1. The molecule has 7 heteroatoms. The molecule has 2 aliphatic heterocycles. The van der Waals surface area contributed by atoms with E-state index >= 15 is 0 Å². The Hall–Kier alpha value is -4.78. The van der Waals surface area contributed by atoms with Crippen molar-refractivity contribution in [1.29, 1.82) is 0 Å². The monoisotopic (exact) mass is 670 g/mol. The third-order valence-electron chi connectivity index (χ3n) is 11.0. The maximum Gasteiger partial charge on any atom is 0.310 e. The van der Waals surface area contributed by atoms with Crippen molar-refractivity contribution in [3.8, 4) is 17.0 Å². The van der Waals surface area contributed by atoms with Crippen LogP contribution in [0.15, 0.2) is 91.0 Å². The van der Waals surface area contributed by atoms with Gasteiger partial charge in [-0.1, -0.05) is 91.2 Å². The Morgan fingerprint density at radius 1 is 0.960 bits per heavy atom. The molecule has 1 aliphatic carbocycles. The number of allylic oxidation sites excluding steroid dienone is 2. The van der Waals surface area contributed by atoms with Gasteiger partial charge in [-0.15, -0.1) is 0 Å². The number of rotatable bonds is 6. The van der Waals surface area contributed by atoms with E-state index in [0.717, 1.165) is 71.0 Å². The summed E-state index contributed by atoms with van der Waals surface area (Å²) in [6.07, 6.45) is 9.42. The SMILES string of the molecule is Cc1cccc(C[C@H]2CCCCC/C=C\[C@@H]3C[C@@]3(C(=O)O)CC(=O)[C@@H]3C[C@@H](Oc4cc(-c5ccccc5)nc5cc(C)ccc45)CN3C2=O)c1. The molecule has 0 unspecified atom stereocenters. The summed E-state index contributed by atoms with van der Waals surface area (Å²) >= 11 is 0. The maximum atomic E-state index is 14.7. The molecule has 1 amide bonds. The van der Waals surface area contributed by atoms with Crippen LogP contribution in [0.5, 0.6) is 5.75 Å². The van der Waals surface area contributed by atoms with Gasteiger partial charge in [-0.2, -0.15) is 0 Å². The van der Waals surface area contributed by atoms with E-state index in [4.69, 9.17) is 9.72 Å². The van der Waals surface area contributed by atoms with E-state index in [1.54, 1.807) is 4.90 Å². The fourth-order valence-corrected chi connectivity index (χ4v) is 8.07. The second-order valence-electron chi connectivity index (χ2n) is 14.7. The standard InChI is InChI=1S/C43H46N2O5/c1-28-12-11-13-30(20-28)22-32-16-7-4-3-5-10-17-33-25-43(33,42(48)49)26-39(46)38-23-34(27-45(38)41(32)47)50-40-24-36(31-14-8-6-9-15-31)44-37-21-29(2)18-19-35(37)40/h6,8-15,17-21,24,32-34,38H,3-5,7,16,22-23,25-27H2,1-2H3,(H,48,49)/b17-10-/t32-,33-,34-,38+,43-/m1/s1. The normalized spacial score (nSPS) is 26.4. The van der Waals surface area contributed by atoms with Crippen molar-refractivity contribution < 1.29 is 24.2 Å². The number of carbonyl (C=O) groups is 3. The molecule has 0 spiro atoms. The van der Waals surface area contributed by atoms with E-state index in [-0.39, 0.29) is 36.5 Å². The molecule has 3 heterocycles. The number of ether oxygens (including phenoxy) is 1. The highest BCUT2D eigenvalue weighted by Gasteiger charge is 2.61. The Labute approximate surface area is 294 Å². The van der Waals surface area contributed by atoms with Gasteiger partial charge in [-0.05, 0) is 75.1 Å². The fraction of sp³-hybridized carbons (Fsp3) is 0.395. The lowest BCUT2D eigenvalue weighted by atomic mass is 9.90. The van der Waals surface area contributed by atoms with Gasteiger partial charge in [0.15, 0.2) is 5.78 Å². The minimum Gasteiger partial charge on any atom is -0.488 e. The van der Waals surface area contributed by atoms with Gasteiger partial charge < -0.3 is 14.7 Å². The molecule has 1 saturated carbocycles. The number of amides is 1. The van der Waals surface area contributed by atoms with Crippen LogP contribution in [0.3, 0.4) is 0 Å². The molecule has 7 nitrogen and oxygen atoms in total. The average molecular weight is 671 g/mol. The van der Waals surface area contributed by atoms with Gasteiger partial charge >= 0.3 is 5.97 Å². The van der Waals surface area contributed by atoms with Crippen LogP contribution >= 0.6 is 0 Å². The zero-order valence-corrected chi connectivity index (χ0v) is 29.0. The van der Waals surface area contributed by atoms with E-state index in [1.165, 1.54) is 0 Å². The quantitative estimate of drug-likeness (QED) is 0.207. The molecule has 3 aliphatic rings. The number of hydrogen-bond donors (Lipinski definition) is 1. The summed E-state index contributed by atoms with van der Waals surface area (Å²) in [4.78, 5) is 48.2. The number of fused-ring (bicyclic) bond motifs is 3. The number of aryl methyl sites for hydroxylation is 2. The summed E-state index contributed by atoms with van der Waals surface area (Å²) in [6.45, 7) is 4.36. The first-order chi connectivity index (χ1) is 24.2. The molecule has 4 aromatic rings. The number of aromatic nitrogens is 1. The van der Waals surface area contributed by atoms with Crippen molar-refractivity contribution in [3.05, 3.63) is 108 Å². The minimum atomic E-state index is -1.11. The van der Waals surface area contributed by atoms with Crippen LogP contribution in [0.1, 0.15) is 68.1 Å². The molecule has 3 aromatic carbocycles. The molecule has 0 radical (unpaired) electrons. The molecule has 0 bridgehead atoms. The van der Waals surface area contributed by atoms with Gasteiger partial charge in [0.2, 0.25) is 5.91 Å². The number of benzene rings is 3. The number of aliphatic carboxylic acids is 1. The Bertz CT molecular complexity index is 1940. The smallest absolute Gasteiger partial charge is 0.310 e. The zero-order chi connectivity index (χ0) is 34.8. The van der Waals surface area contributed by atoms with Gasteiger partial charge in [-0.25, -0.2) is 4.98 Å². The summed E-state index contributed by atoms with van der Waals surface area (Å²) < 4.78 is 6.79. The van der Waals surface area contributed by atoms with Crippen molar-refractivity contribution in [1.82, 2.24) is 9.88 Å². The predicted molar refractivity (Wildman–Crippen MR) is 195 cm³/mol. The Balaban J connectivity index is 1.23. The largest absolute Gasteiger partial charge is 0.488 e. The molecule has 1 aromatic heterocycles. The number of nitrogens with zero attached hydrogens (tertiary/aromatic N) is 2.